The molecule has 0 radical (unpaired) electrons. The number of nitrogens with one attached hydrogen (secondary N) is 2. The van der Waals surface area contributed by atoms with Gasteiger partial charge in [0, 0.05) is 10.7 Å². The van der Waals surface area contributed by atoms with Gasteiger partial charge in [-0.25, -0.2) is 10.2 Å². The van der Waals surface area contributed by atoms with Gasteiger partial charge in [-0.05, 0) is 72.6 Å². The van der Waals surface area contributed by atoms with E-state index in [1.165, 1.54) is 26.5 Å². The van der Waals surface area contributed by atoms with Crippen LogP contribution in [0.1, 0.15) is 21.5 Å². The van der Waals surface area contributed by atoms with Crippen molar-refractivity contribution >= 4 is 41.3 Å². The predicted octanol–water partition coefficient (Wildman–Crippen LogP) is 3.97. The molecule has 9 nitrogen and oxygen atoms in total. The lowest BCUT2D eigenvalue weighted by Crippen LogP contribution is -2.32. The van der Waals surface area contributed by atoms with E-state index >= 15 is 0 Å². The van der Waals surface area contributed by atoms with E-state index in [0.29, 0.717) is 44.6 Å². The van der Waals surface area contributed by atoms with Gasteiger partial charge in [0.15, 0.2) is 11.5 Å². The number of halogens is 1. The van der Waals surface area contributed by atoms with Gasteiger partial charge in [-0.1, -0.05) is 17.7 Å². The van der Waals surface area contributed by atoms with E-state index in [1.807, 2.05) is 0 Å². The highest BCUT2D eigenvalue weighted by atomic mass is 35.5. The molecule has 180 valence electrons. The van der Waals surface area contributed by atoms with E-state index in [0.717, 1.165) is 0 Å². The highest BCUT2D eigenvalue weighted by Gasteiger charge is 2.15. The Morgan fingerprint density at radius 2 is 1.63 bits per heavy atom. The average molecular weight is 496 g/mol. The summed E-state index contributed by atoms with van der Waals surface area (Å²) in [5.74, 6) is -1.18. The molecule has 0 spiro atoms. The third kappa shape index (κ3) is 6.58. The zero-order valence-corrected chi connectivity index (χ0v) is 19.9. The van der Waals surface area contributed by atoms with Crippen LogP contribution in [0.4, 0.5) is 5.69 Å². The van der Waals surface area contributed by atoms with Gasteiger partial charge >= 0.3 is 17.8 Å². The molecule has 3 rings (SSSR count). The first kappa shape index (κ1) is 25.3. The summed E-state index contributed by atoms with van der Waals surface area (Å²) in [4.78, 5) is 36.5. The minimum absolute atomic E-state index is 0.294. The zero-order chi connectivity index (χ0) is 25.4. The monoisotopic (exact) mass is 495 g/mol. The summed E-state index contributed by atoms with van der Waals surface area (Å²) in [6.45, 7) is 1.72. The summed E-state index contributed by atoms with van der Waals surface area (Å²) < 4.78 is 15.7. The third-order valence-corrected chi connectivity index (χ3v) is 5.22. The first-order valence-corrected chi connectivity index (χ1v) is 10.6. The van der Waals surface area contributed by atoms with Crippen LogP contribution in [-0.2, 0) is 9.59 Å². The molecule has 2 N–H and O–H groups in total. The number of benzene rings is 3. The van der Waals surface area contributed by atoms with E-state index in [1.54, 1.807) is 61.5 Å². The highest BCUT2D eigenvalue weighted by molar-refractivity contribution is 6.40. The van der Waals surface area contributed by atoms with Crippen molar-refractivity contribution in [3.8, 4) is 17.2 Å². The number of hydrazone groups is 1. The lowest BCUT2D eigenvalue weighted by Gasteiger charge is -2.09. The van der Waals surface area contributed by atoms with Crippen molar-refractivity contribution in [1.82, 2.24) is 5.43 Å². The lowest BCUT2D eigenvalue weighted by molar-refractivity contribution is -0.136. The van der Waals surface area contributed by atoms with Crippen molar-refractivity contribution in [2.75, 3.05) is 19.5 Å². The number of hydrogen-bond acceptors (Lipinski definition) is 7. The maximum Gasteiger partial charge on any atom is 0.343 e. The van der Waals surface area contributed by atoms with E-state index in [4.69, 9.17) is 25.8 Å². The van der Waals surface area contributed by atoms with E-state index in [9.17, 15) is 14.4 Å². The van der Waals surface area contributed by atoms with Gasteiger partial charge in [-0.2, -0.15) is 5.10 Å². The second kappa shape index (κ2) is 11.7. The van der Waals surface area contributed by atoms with Crippen LogP contribution >= 0.6 is 11.6 Å². The first-order chi connectivity index (χ1) is 16.8. The van der Waals surface area contributed by atoms with E-state index in [2.05, 4.69) is 15.8 Å². The summed E-state index contributed by atoms with van der Waals surface area (Å²) in [5, 5.41) is 6.72. The van der Waals surface area contributed by atoms with Crippen LogP contribution in [0.25, 0.3) is 0 Å². The Labute approximate surface area is 206 Å². The Hall–Kier alpha value is -4.37. The number of ether oxygens (including phenoxy) is 3. The van der Waals surface area contributed by atoms with Crippen LogP contribution in [0.5, 0.6) is 17.2 Å². The number of methoxy groups -OCH3 is 2. The van der Waals surface area contributed by atoms with Crippen molar-refractivity contribution < 1.29 is 28.6 Å². The second-order valence-electron chi connectivity index (χ2n) is 7.09. The van der Waals surface area contributed by atoms with Gasteiger partial charge in [-0.15, -0.1) is 0 Å². The molecule has 2 amide bonds. The molecule has 0 saturated carbocycles. The number of hydrogen-bond donors (Lipinski definition) is 2. The Balaban J connectivity index is 1.54. The molecule has 0 atom stereocenters. The molecule has 0 bridgehead atoms. The molecule has 0 aliphatic heterocycles. The van der Waals surface area contributed by atoms with E-state index < -0.39 is 17.8 Å². The molecule has 3 aromatic rings. The van der Waals surface area contributed by atoms with Crippen molar-refractivity contribution in [3.05, 3.63) is 82.4 Å². The van der Waals surface area contributed by atoms with Gasteiger partial charge in [0.05, 0.1) is 26.0 Å². The lowest BCUT2D eigenvalue weighted by atomic mass is 10.2. The summed E-state index contributed by atoms with van der Waals surface area (Å²) in [6, 6.07) is 16.1. The molecule has 0 aromatic heterocycles. The predicted molar refractivity (Wildman–Crippen MR) is 132 cm³/mol. The number of amides is 2. The Kier molecular flexibility index (Phi) is 8.42. The molecule has 0 unspecified atom stereocenters. The third-order valence-electron chi connectivity index (χ3n) is 4.81. The fraction of sp³-hybridized carbons (Fsp3) is 0.120. The molecular formula is C25H22ClN3O6. The topological polar surface area (TPSA) is 115 Å². The fourth-order valence-corrected chi connectivity index (χ4v) is 3.06. The molecular weight excluding hydrogens is 474 g/mol. The number of esters is 1. The Morgan fingerprint density at radius 3 is 2.31 bits per heavy atom. The quantitative estimate of drug-likeness (QED) is 0.168. The first-order valence-electron chi connectivity index (χ1n) is 10.3. The Morgan fingerprint density at radius 1 is 0.914 bits per heavy atom. The smallest absolute Gasteiger partial charge is 0.343 e. The maximum absolute atomic E-state index is 12.4. The van der Waals surface area contributed by atoms with Crippen LogP contribution in [0, 0.1) is 6.92 Å². The van der Waals surface area contributed by atoms with Crippen LogP contribution in [0.2, 0.25) is 5.02 Å². The minimum atomic E-state index is -0.943. The normalized spacial score (nSPS) is 10.5. The van der Waals surface area contributed by atoms with Crippen LogP contribution < -0.4 is 25.0 Å². The highest BCUT2D eigenvalue weighted by Crippen LogP contribution is 2.28. The summed E-state index contributed by atoms with van der Waals surface area (Å²) >= 11 is 6.01. The molecule has 10 heteroatoms. The largest absolute Gasteiger partial charge is 0.493 e. The summed E-state index contributed by atoms with van der Waals surface area (Å²) in [5.41, 5.74) is 4.12. The van der Waals surface area contributed by atoms with E-state index in [-0.39, 0.29) is 0 Å². The van der Waals surface area contributed by atoms with Gasteiger partial charge in [0.1, 0.15) is 5.75 Å². The Bertz CT molecular complexity index is 1270. The molecule has 0 aliphatic carbocycles. The SMILES string of the molecule is COc1ccc(C(=O)Oc2ccc(/C=N\NC(=O)C(=O)Nc3cccc(Cl)c3C)cc2)cc1OC. The molecule has 0 heterocycles. The molecule has 0 aliphatic rings. The number of rotatable bonds is 7. The van der Waals surface area contributed by atoms with Gasteiger partial charge in [0.2, 0.25) is 0 Å². The number of carbonyl (C=O) groups excluding carboxylic acids is 3. The van der Waals surface area contributed by atoms with Gasteiger partial charge in [-0.3, -0.25) is 9.59 Å². The molecule has 0 fully saturated rings. The molecule has 3 aromatic carbocycles. The number of nitrogens with zero attached hydrogens (tertiary/aromatic N) is 1. The average Bonchev–Trinajstić information content (AvgIpc) is 2.87. The maximum atomic E-state index is 12.4. The van der Waals surface area contributed by atoms with Crippen molar-refractivity contribution in [2.45, 2.75) is 6.92 Å². The standard InChI is InChI=1S/C25H22ClN3O6/c1-15-19(26)5-4-6-20(15)28-23(30)24(31)29-27-14-16-7-10-18(11-8-16)35-25(32)17-9-12-21(33-2)22(13-17)34-3/h4-14H,1-3H3,(H,28,30)(H,29,31)/b27-14-. The van der Waals surface area contributed by atoms with Crippen molar-refractivity contribution in [2.24, 2.45) is 5.10 Å². The fourth-order valence-electron chi connectivity index (χ4n) is 2.89. The van der Waals surface area contributed by atoms with Crippen LogP contribution in [0.3, 0.4) is 0 Å². The van der Waals surface area contributed by atoms with Crippen LogP contribution in [0.15, 0.2) is 65.8 Å². The number of carbonyl (C=O) groups is 3. The van der Waals surface area contributed by atoms with Crippen LogP contribution in [-0.4, -0.2) is 38.2 Å². The second-order valence-corrected chi connectivity index (χ2v) is 7.50. The summed E-state index contributed by atoms with van der Waals surface area (Å²) in [7, 11) is 2.98. The minimum Gasteiger partial charge on any atom is -0.493 e. The van der Waals surface area contributed by atoms with Crippen molar-refractivity contribution in [3.63, 3.8) is 0 Å². The van der Waals surface area contributed by atoms with Gasteiger partial charge < -0.3 is 19.5 Å². The number of anilines is 1. The zero-order valence-electron chi connectivity index (χ0n) is 19.1. The molecule has 35 heavy (non-hydrogen) atoms. The summed E-state index contributed by atoms with van der Waals surface area (Å²) in [6.07, 6.45) is 1.34. The van der Waals surface area contributed by atoms with Crippen molar-refractivity contribution in [1.29, 1.82) is 0 Å². The molecule has 0 saturated heterocycles. The van der Waals surface area contributed by atoms with Gasteiger partial charge in [0.25, 0.3) is 0 Å².